The number of aromatic nitrogens is 6. The third-order valence-electron chi connectivity index (χ3n) is 5.52. The summed E-state index contributed by atoms with van der Waals surface area (Å²) >= 11 is 6.44. The number of aryl methyl sites for hydroxylation is 3. The first-order valence-electron chi connectivity index (χ1n) is 9.94. The summed E-state index contributed by atoms with van der Waals surface area (Å²) < 4.78 is 4.24. The fourth-order valence-corrected chi connectivity index (χ4v) is 4.22. The molecule has 5 aromatic rings. The molecule has 0 aliphatic heterocycles. The molecule has 0 aliphatic rings. The van der Waals surface area contributed by atoms with Gasteiger partial charge in [-0.2, -0.15) is 4.98 Å². The van der Waals surface area contributed by atoms with Crippen molar-refractivity contribution in [2.24, 2.45) is 14.1 Å². The Kier molecular flexibility index (Phi) is 4.63. The summed E-state index contributed by atoms with van der Waals surface area (Å²) in [5, 5.41) is 4.63. The van der Waals surface area contributed by atoms with Crippen LogP contribution in [-0.4, -0.2) is 28.7 Å². The number of hydrogen-bond acceptors (Lipinski definition) is 5. The third kappa shape index (κ3) is 3.18. The van der Waals surface area contributed by atoms with Crippen LogP contribution in [0.5, 0.6) is 0 Å². The smallest absolute Gasteiger partial charge is 0.332 e. The molecule has 2 N–H and O–H groups in total. The molecule has 0 saturated carbocycles. The van der Waals surface area contributed by atoms with E-state index in [1.165, 1.54) is 9.13 Å². The van der Waals surface area contributed by atoms with Crippen molar-refractivity contribution in [3.8, 4) is 0 Å². The average molecular weight is 450 g/mol. The van der Waals surface area contributed by atoms with E-state index in [1.807, 2.05) is 19.1 Å². The van der Waals surface area contributed by atoms with Crippen LogP contribution < -0.4 is 16.6 Å². The van der Waals surface area contributed by atoms with E-state index in [2.05, 4.69) is 20.3 Å². The zero-order valence-corrected chi connectivity index (χ0v) is 18.4. The number of halogens is 1. The fourth-order valence-electron chi connectivity index (χ4n) is 3.92. The Labute approximate surface area is 186 Å². The lowest BCUT2D eigenvalue weighted by atomic mass is 10.1. The summed E-state index contributed by atoms with van der Waals surface area (Å²) in [5.41, 5.74) is 3.14. The SMILES string of the molecule is Cc1cc2c(Cl)cc(Cn3c(=O)c4c(nc(Nc5ccncc5)n4C)n(C)c3=O)cc2[nH]1. The maximum atomic E-state index is 13.4. The van der Waals surface area contributed by atoms with Crippen molar-refractivity contribution in [2.45, 2.75) is 13.5 Å². The number of rotatable bonds is 4. The van der Waals surface area contributed by atoms with Crippen molar-refractivity contribution in [3.63, 3.8) is 0 Å². The highest BCUT2D eigenvalue weighted by molar-refractivity contribution is 6.35. The molecule has 0 spiro atoms. The van der Waals surface area contributed by atoms with E-state index in [9.17, 15) is 9.59 Å². The quantitative estimate of drug-likeness (QED) is 0.439. The molecule has 5 rings (SSSR count). The second kappa shape index (κ2) is 7.38. The molecule has 0 unspecified atom stereocenters. The number of H-pyrrole nitrogens is 1. The zero-order chi connectivity index (χ0) is 22.6. The number of nitrogens with one attached hydrogen (secondary N) is 2. The maximum Gasteiger partial charge on any atom is 0.332 e. The van der Waals surface area contributed by atoms with E-state index in [-0.39, 0.29) is 6.54 Å². The summed E-state index contributed by atoms with van der Waals surface area (Å²) in [5.74, 6) is 0.447. The van der Waals surface area contributed by atoms with Gasteiger partial charge in [0.05, 0.1) is 11.6 Å². The number of pyridine rings is 1. The summed E-state index contributed by atoms with van der Waals surface area (Å²) in [7, 11) is 3.34. The van der Waals surface area contributed by atoms with Crippen LogP contribution in [-0.2, 0) is 20.6 Å². The molecular weight excluding hydrogens is 430 g/mol. The van der Waals surface area contributed by atoms with Gasteiger partial charge in [-0.05, 0) is 42.8 Å². The van der Waals surface area contributed by atoms with Gasteiger partial charge < -0.3 is 14.9 Å². The number of imidazole rings is 1. The lowest BCUT2D eigenvalue weighted by molar-refractivity contribution is 0.655. The Hall–Kier alpha value is -3.85. The van der Waals surface area contributed by atoms with Crippen molar-refractivity contribution in [1.29, 1.82) is 0 Å². The molecule has 0 atom stereocenters. The van der Waals surface area contributed by atoms with Gasteiger partial charge >= 0.3 is 5.69 Å². The fraction of sp³-hybridized carbons (Fsp3) is 0.182. The zero-order valence-electron chi connectivity index (χ0n) is 17.7. The molecule has 0 aliphatic carbocycles. The number of aromatic amines is 1. The highest BCUT2D eigenvalue weighted by Gasteiger charge is 2.19. The van der Waals surface area contributed by atoms with Crippen molar-refractivity contribution in [2.75, 3.05) is 5.32 Å². The molecule has 32 heavy (non-hydrogen) atoms. The van der Waals surface area contributed by atoms with Crippen molar-refractivity contribution >= 4 is 45.3 Å². The lowest BCUT2D eigenvalue weighted by Gasteiger charge is -2.10. The number of nitrogens with zero attached hydrogens (tertiary/aromatic N) is 5. The minimum absolute atomic E-state index is 0.0907. The Balaban J connectivity index is 1.63. The van der Waals surface area contributed by atoms with E-state index in [0.717, 1.165) is 27.8 Å². The first kappa shape index (κ1) is 20.1. The van der Waals surface area contributed by atoms with Crippen LogP contribution in [0.4, 0.5) is 11.6 Å². The number of hydrogen-bond donors (Lipinski definition) is 2. The largest absolute Gasteiger partial charge is 0.359 e. The third-order valence-corrected chi connectivity index (χ3v) is 5.83. The first-order valence-corrected chi connectivity index (χ1v) is 10.3. The number of benzene rings is 1. The lowest BCUT2D eigenvalue weighted by Crippen LogP contribution is -2.39. The molecule has 0 saturated heterocycles. The predicted molar refractivity (Wildman–Crippen MR) is 125 cm³/mol. The molecule has 9 nitrogen and oxygen atoms in total. The standard InChI is InChI=1S/C22H20ClN7O2/c1-12-8-15-16(23)9-13(10-17(15)25-12)11-30-20(31)18-19(29(3)22(30)32)27-21(28(18)2)26-14-4-6-24-7-5-14/h4-10,25H,11H2,1-3H3,(H,24,26,27). The van der Waals surface area contributed by atoms with Crippen LogP contribution in [0.2, 0.25) is 5.02 Å². The van der Waals surface area contributed by atoms with E-state index in [1.54, 1.807) is 49.3 Å². The van der Waals surface area contributed by atoms with E-state index in [0.29, 0.717) is 22.1 Å². The summed E-state index contributed by atoms with van der Waals surface area (Å²) in [6.07, 6.45) is 3.31. The minimum Gasteiger partial charge on any atom is -0.359 e. The maximum absolute atomic E-state index is 13.4. The molecule has 0 radical (unpaired) electrons. The van der Waals surface area contributed by atoms with Gasteiger partial charge in [0.25, 0.3) is 5.56 Å². The molecule has 1 aromatic carbocycles. The second-order valence-electron chi connectivity index (χ2n) is 7.75. The Morgan fingerprint density at radius 2 is 1.84 bits per heavy atom. The van der Waals surface area contributed by atoms with Gasteiger partial charge in [-0.15, -0.1) is 0 Å². The van der Waals surface area contributed by atoms with Crippen LogP contribution >= 0.6 is 11.6 Å². The van der Waals surface area contributed by atoms with Crippen LogP contribution in [0.1, 0.15) is 11.3 Å². The van der Waals surface area contributed by atoms with Crippen LogP contribution in [0.25, 0.3) is 22.1 Å². The van der Waals surface area contributed by atoms with Gasteiger partial charge in [0.2, 0.25) is 5.95 Å². The summed E-state index contributed by atoms with van der Waals surface area (Å²) in [6, 6.07) is 9.24. The summed E-state index contributed by atoms with van der Waals surface area (Å²) in [6.45, 7) is 2.04. The molecule has 0 fully saturated rings. The summed E-state index contributed by atoms with van der Waals surface area (Å²) in [4.78, 5) is 38.1. The first-order chi connectivity index (χ1) is 15.3. The van der Waals surface area contributed by atoms with Gasteiger partial charge in [-0.25, -0.2) is 4.79 Å². The number of fused-ring (bicyclic) bond motifs is 2. The van der Waals surface area contributed by atoms with Crippen LogP contribution in [0.15, 0.2) is 52.3 Å². The predicted octanol–water partition coefficient (Wildman–Crippen LogP) is 3.06. The molecule has 10 heteroatoms. The Bertz CT molecular complexity index is 1610. The molecule has 4 heterocycles. The highest BCUT2D eigenvalue weighted by atomic mass is 35.5. The highest BCUT2D eigenvalue weighted by Crippen LogP contribution is 2.26. The molecule has 0 amide bonds. The van der Waals surface area contributed by atoms with Gasteiger partial charge in [-0.1, -0.05) is 11.6 Å². The van der Waals surface area contributed by atoms with Gasteiger partial charge in [0, 0.05) is 48.8 Å². The molecular formula is C22H20ClN7O2. The van der Waals surface area contributed by atoms with Crippen molar-refractivity contribution < 1.29 is 0 Å². The molecule has 0 bridgehead atoms. The molecule has 162 valence electrons. The number of anilines is 2. The van der Waals surface area contributed by atoms with Gasteiger partial charge in [0.15, 0.2) is 11.2 Å². The van der Waals surface area contributed by atoms with E-state index < -0.39 is 11.2 Å². The van der Waals surface area contributed by atoms with E-state index >= 15 is 0 Å². The van der Waals surface area contributed by atoms with Crippen LogP contribution in [0.3, 0.4) is 0 Å². The Morgan fingerprint density at radius 3 is 2.59 bits per heavy atom. The monoisotopic (exact) mass is 449 g/mol. The van der Waals surface area contributed by atoms with Gasteiger partial charge in [0.1, 0.15) is 0 Å². The molecule has 4 aromatic heterocycles. The normalized spacial score (nSPS) is 11.5. The van der Waals surface area contributed by atoms with Crippen LogP contribution in [0, 0.1) is 6.92 Å². The topological polar surface area (TPSA) is 103 Å². The average Bonchev–Trinajstić information content (AvgIpc) is 3.30. The van der Waals surface area contributed by atoms with Crippen molar-refractivity contribution in [3.05, 3.63) is 79.8 Å². The second-order valence-corrected chi connectivity index (χ2v) is 8.16. The van der Waals surface area contributed by atoms with E-state index in [4.69, 9.17) is 11.6 Å². The van der Waals surface area contributed by atoms with Crippen molar-refractivity contribution in [1.82, 2.24) is 28.7 Å². The Morgan fingerprint density at radius 1 is 1.09 bits per heavy atom. The minimum atomic E-state index is -0.449. The van der Waals surface area contributed by atoms with Gasteiger partial charge in [-0.3, -0.25) is 18.9 Å².